The van der Waals surface area contributed by atoms with Crippen LogP contribution in [0.25, 0.3) is 0 Å². The van der Waals surface area contributed by atoms with Gasteiger partial charge in [-0.2, -0.15) is 0 Å². The molecule has 1 atom stereocenters. The van der Waals surface area contributed by atoms with Gasteiger partial charge in [0, 0.05) is 48.7 Å². The minimum atomic E-state index is -0.778. The lowest BCUT2D eigenvalue weighted by atomic mass is 9.99. The maximum absolute atomic E-state index is 12.7. The molecule has 0 aliphatic carbocycles. The van der Waals surface area contributed by atoms with Gasteiger partial charge in [0.15, 0.2) is 0 Å². The van der Waals surface area contributed by atoms with Crippen LogP contribution >= 0.6 is 15.9 Å². The van der Waals surface area contributed by atoms with E-state index < -0.39 is 5.97 Å². The molecule has 1 heterocycles. The van der Waals surface area contributed by atoms with E-state index in [1.54, 1.807) is 0 Å². The quantitative estimate of drug-likeness (QED) is 0.756. The Labute approximate surface area is 167 Å². The van der Waals surface area contributed by atoms with E-state index in [0.29, 0.717) is 25.1 Å². The van der Waals surface area contributed by atoms with Crippen molar-refractivity contribution in [3.8, 4) is 0 Å². The summed E-state index contributed by atoms with van der Waals surface area (Å²) < 4.78 is 0.893. The van der Waals surface area contributed by atoms with Crippen LogP contribution < -0.4 is 0 Å². The van der Waals surface area contributed by atoms with Crippen molar-refractivity contribution in [2.75, 3.05) is 26.2 Å². The van der Waals surface area contributed by atoms with Crippen molar-refractivity contribution in [1.82, 2.24) is 9.80 Å². The van der Waals surface area contributed by atoms with Crippen LogP contribution in [0.4, 0.5) is 0 Å². The normalized spacial score (nSPS) is 16.1. The molecule has 0 bridgehead atoms. The third kappa shape index (κ3) is 5.17. The van der Waals surface area contributed by atoms with E-state index in [0.717, 1.165) is 23.1 Å². The molecule has 27 heavy (non-hydrogen) atoms. The van der Waals surface area contributed by atoms with Crippen LogP contribution in [0, 0.1) is 0 Å². The van der Waals surface area contributed by atoms with Gasteiger partial charge in [-0.15, -0.1) is 0 Å². The molecule has 1 N–H and O–H groups in total. The number of halogens is 1. The third-order valence-corrected chi connectivity index (χ3v) is 5.42. The number of rotatable bonds is 6. The summed E-state index contributed by atoms with van der Waals surface area (Å²) in [6.45, 7) is 2.75. The van der Waals surface area contributed by atoms with Gasteiger partial charge in [-0.3, -0.25) is 14.5 Å². The Hall–Kier alpha value is -2.18. The van der Waals surface area contributed by atoms with Gasteiger partial charge in [0.05, 0.1) is 0 Å². The molecule has 2 aromatic rings. The fraction of sp³-hybridized carbons (Fsp3) is 0.333. The molecule has 1 aliphatic heterocycles. The number of carboxylic acids is 1. The first kappa shape index (κ1) is 19.6. The number of hydrogen-bond donors (Lipinski definition) is 1. The summed E-state index contributed by atoms with van der Waals surface area (Å²) in [7, 11) is 0. The van der Waals surface area contributed by atoms with E-state index in [1.165, 1.54) is 0 Å². The van der Waals surface area contributed by atoms with Crippen molar-refractivity contribution in [2.45, 2.75) is 18.9 Å². The zero-order valence-electron chi connectivity index (χ0n) is 15.1. The molecule has 0 aromatic heterocycles. The minimum absolute atomic E-state index is 0.0396. The molecule has 1 saturated heterocycles. The predicted octanol–water partition coefficient (Wildman–Crippen LogP) is 3.81. The van der Waals surface area contributed by atoms with Gasteiger partial charge in [0.1, 0.15) is 0 Å². The molecule has 0 unspecified atom stereocenters. The van der Waals surface area contributed by atoms with E-state index in [-0.39, 0.29) is 18.4 Å². The highest BCUT2D eigenvalue weighted by atomic mass is 79.9. The SMILES string of the molecule is O=C(O)CC[C@H](c1ccccc1)N1CCN(C(=O)c2cccc(Br)c2)CC1. The lowest BCUT2D eigenvalue weighted by Crippen LogP contribution is -2.49. The molecule has 0 saturated carbocycles. The summed E-state index contributed by atoms with van der Waals surface area (Å²) in [6.07, 6.45) is 0.704. The maximum atomic E-state index is 12.7. The van der Waals surface area contributed by atoms with Crippen molar-refractivity contribution >= 4 is 27.8 Å². The number of benzene rings is 2. The van der Waals surface area contributed by atoms with Crippen LogP contribution in [0.1, 0.15) is 34.8 Å². The average Bonchev–Trinajstić information content (AvgIpc) is 2.69. The first-order valence-electron chi connectivity index (χ1n) is 9.10. The second-order valence-electron chi connectivity index (χ2n) is 6.70. The Morgan fingerprint density at radius 2 is 1.70 bits per heavy atom. The highest BCUT2D eigenvalue weighted by Gasteiger charge is 2.27. The maximum Gasteiger partial charge on any atom is 0.303 e. The van der Waals surface area contributed by atoms with Crippen molar-refractivity contribution in [3.05, 3.63) is 70.2 Å². The predicted molar refractivity (Wildman–Crippen MR) is 108 cm³/mol. The van der Waals surface area contributed by atoms with E-state index in [9.17, 15) is 9.59 Å². The summed E-state index contributed by atoms with van der Waals surface area (Å²) in [5.41, 5.74) is 1.81. The highest BCUT2D eigenvalue weighted by Crippen LogP contribution is 2.27. The van der Waals surface area contributed by atoms with Crippen LogP contribution in [-0.2, 0) is 4.79 Å². The van der Waals surface area contributed by atoms with Gasteiger partial charge in [-0.1, -0.05) is 52.3 Å². The summed E-state index contributed by atoms with van der Waals surface area (Å²) in [6, 6.07) is 17.5. The fourth-order valence-corrected chi connectivity index (χ4v) is 3.94. The summed E-state index contributed by atoms with van der Waals surface area (Å²) >= 11 is 3.41. The second-order valence-corrected chi connectivity index (χ2v) is 7.61. The van der Waals surface area contributed by atoms with Crippen molar-refractivity contribution in [2.24, 2.45) is 0 Å². The molecule has 2 aromatic carbocycles. The van der Waals surface area contributed by atoms with Crippen LogP contribution in [0.5, 0.6) is 0 Å². The van der Waals surface area contributed by atoms with E-state index >= 15 is 0 Å². The average molecular weight is 431 g/mol. The van der Waals surface area contributed by atoms with Gasteiger partial charge >= 0.3 is 5.97 Å². The molecule has 1 aliphatic rings. The van der Waals surface area contributed by atoms with Crippen molar-refractivity contribution < 1.29 is 14.7 Å². The van der Waals surface area contributed by atoms with Gasteiger partial charge in [0.25, 0.3) is 5.91 Å². The van der Waals surface area contributed by atoms with Crippen LogP contribution in [0.2, 0.25) is 0 Å². The minimum Gasteiger partial charge on any atom is -0.481 e. The van der Waals surface area contributed by atoms with Gasteiger partial charge < -0.3 is 10.0 Å². The lowest BCUT2D eigenvalue weighted by Gasteiger charge is -2.39. The molecular weight excluding hydrogens is 408 g/mol. The van der Waals surface area contributed by atoms with Crippen molar-refractivity contribution in [1.29, 1.82) is 0 Å². The Morgan fingerprint density at radius 3 is 2.33 bits per heavy atom. The number of amides is 1. The molecular formula is C21H23BrN2O3. The monoisotopic (exact) mass is 430 g/mol. The number of hydrogen-bond acceptors (Lipinski definition) is 3. The standard InChI is InChI=1S/C21H23BrN2O3/c22-18-8-4-7-17(15-18)21(27)24-13-11-23(12-14-24)19(9-10-20(25)26)16-5-2-1-3-6-16/h1-8,15,19H,9-14H2,(H,25,26)/t19-/m1/s1. The summed E-state index contributed by atoms with van der Waals surface area (Å²) in [5.74, 6) is -0.739. The molecule has 1 fully saturated rings. The molecule has 142 valence electrons. The van der Waals surface area contributed by atoms with Crippen LogP contribution in [-0.4, -0.2) is 53.0 Å². The van der Waals surface area contributed by atoms with Crippen molar-refractivity contribution in [3.63, 3.8) is 0 Å². The molecule has 5 nitrogen and oxygen atoms in total. The first-order chi connectivity index (χ1) is 13.0. The Balaban J connectivity index is 1.66. The largest absolute Gasteiger partial charge is 0.481 e. The summed E-state index contributed by atoms with van der Waals surface area (Å²) in [5, 5.41) is 9.10. The van der Waals surface area contributed by atoms with Crippen LogP contribution in [0.15, 0.2) is 59.1 Å². The third-order valence-electron chi connectivity index (χ3n) is 4.93. The molecule has 0 radical (unpaired) electrons. The molecule has 1 amide bonds. The molecule has 6 heteroatoms. The Morgan fingerprint density at radius 1 is 1.00 bits per heavy atom. The number of piperazine rings is 1. The molecule has 3 rings (SSSR count). The zero-order chi connectivity index (χ0) is 19.2. The Bertz CT molecular complexity index is 789. The van der Waals surface area contributed by atoms with E-state index in [4.69, 9.17) is 5.11 Å². The van der Waals surface area contributed by atoms with Gasteiger partial charge in [-0.05, 0) is 30.2 Å². The number of carbonyl (C=O) groups excluding carboxylic acids is 1. The smallest absolute Gasteiger partial charge is 0.303 e. The van der Waals surface area contributed by atoms with E-state index in [2.05, 4.69) is 20.8 Å². The second kappa shape index (κ2) is 9.15. The lowest BCUT2D eigenvalue weighted by molar-refractivity contribution is -0.137. The number of carbonyl (C=O) groups is 2. The van der Waals surface area contributed by atoms with E-state index in [1.807, 2.05) is 59.5 Å². The number of carboxylic acid groups (broad SMARTS) is 1. The Kier molecular flexibility index (Phi) is 6.63. The first-order valence-corrected chi connectivity index (χ1v) is 9.89. The number of nitrogens with zero attached hydrogens (tertiary/aromatic N) is 2. The van der Waals surface area contributed by atoms with Gasteiger partial charge in [0.2, 0.25) is 0 Å². The molecule has 0 spiro atoms. The van der Waals surface area contributed by atoms with Gasteiger partial charge in [-0.25, -0.2) is 0 Å². The highest BCUT2D eigenvalue weighted by molar-refractivity contribution is 9.10. The van der Waals surface area contributed by atoms with Crippen LogP contribution in [0.3, 0.4) is 0 Å². The summed E-state index contributed by atoms with van der Waals surface area (Å²) in [4.78, 5) is 28.0. The topological polar surface area (TPSA) is 60.9 Å². The zero-order valence-corrected chi connectivity index (χ0v) is 16.6. The fourth-order valence-electron chi connectivity index (χ4n) is 3.54. The number of aliphatic carboxylic acids is 1.